The standard InChI is InChI=1S/C15H28/c1-13(15-9-3-2-4-10-15)11-12-14-7-5-6-8-14/h13-15H,2-12H2,1H3. The average Bonchev–Trinajstić information content (AvgIpc) is 2.80. The summed E-state index contributed by atoms with van der Waals surface area (Å²) >= 11 is 0. The van der Waals surface area contributed by atoms with Gasteiger partial charge in [0.15, 0.2) is 0 Å². The third-order valence-electron chi connectivity index (χ3n) is 4.96. The van der Waals surface area contributed by atoms with Crippen LogP contribution in [0.15, 0.2) is 0 Å². The molecule has 2 fully saturated rings. The van der Waals surface area contributed by atoms with Crippen molar-refractivity contribution < 1.29 is 0 Å². The van der Waals surface area contributed by atoms with Gasteiger partial charge < -0.3 is 0 Å². The summed E-state index contributed by atoms with van der Waals surface area (Å²) in [5, 5.41) is 0. The summed E-state index contributed by atoms with van der Waals surface area (Å²) in [4.78, 5) is 0. The molecular weight excluding hydrogens is 180 g/mol. The van der Waals surface area contributed by atoms with Crippen LogP contribution in [0.2, 0.25) is 0 Å². The van der Waals surface area contributed by atoms with Gasteiger partial charge in [0.1, 0.15) is 0 Å². The number of hydrogen-bond donors (Lipinski definition) is 0. The fourth-order valence-corrected chi connectivity index (χ4v) is 3.74. The second-order valence-corrected chi connectivity index (χ2v) is 6.10. The van der Waals surface area contributed by atoms with Gasteiger partial charge in [0, 0.05) is 0 Å². The average molecular weight is 208 g/mol. The van der Waals surface area contributed by atoms with Crippen LogP contribution in [0.1, 0.15) is 77.6 Å². The predicted molar refractivity (Wildman–Crippen MR) is 66.9 cm³/mol. The Labute approximate surface area is 95.8 Å². The molecule has 2 rings (SSSR count). The Kier molecular flexibility index (Phi) is 4.53. The highest BCUT2D eigenvalue weighted by molar-refractivity contribution is 4.74. The lowest BCUT2D eigenvalue weighted by atomic mass is 9.78. The van der Waals surface area contributed by atoms with Gasteiger partial charge in [0.05, 0.1) is 0 Å². The first-order valence-electron chi connectivity index (χ1n) is 7.36. The molecule has 2 saturated carbocycles. The molecule has 0 bridgehead atoms. The molecule has 1 unspecified atom stereocenters. The molecule has 15 heavy (non-hydrogen) atoms. The largest absolute Gasteiger partial charge is 0.0622 e. The number of rotatable bonds is 4. The molecule has 0 aromatic heterocycles. The molecule has 0 spiro atoms. The highest BCUT2D eigenvalue weighted by Crippen LogP contribution is 2.35. The van der Waals surface area contributed by atoms with Crippen molar-refractivity contribution in [2.45, 2.75) is 77.6 Å². The van der Waals surface area contributed by atoms with Gasteiger partial charge in [-0.05, 0) is 17.8 Å². The lowest BCUT2D eigenvalue weighted by molar-refractivity contribution is 0.239. The summed E-state index contributed by atoms with van der Waals surface area (Å²) in [5.74, 6) is 3.21. The maximum atomic E-state index is 2.52. The van der Waals surface area contributed by atoms with Gasteiger partial charge in [0.2, 0.25) is 0 Å². The normalized spacial score (nSPS) is 27.0. The van der Waals surface area contributed by atoms with E-state index in [-0.39, 0.29) is 0 Å². The van der Waals surface area contributed by atoms with Gasteiger partial charge in [-0.2, -0.15) is 0 Å². The SMILES string of the molecule is CC(CCC1CCCC1)C1CCCCC1. The van der Waals surface area contributed by atoms with Gasteiger partial charge >= 0.3 is 0 Å². The Morgan fingerprint density at radius 3 is 2.13 bits per heavy atom. The van der Waals surface area contributed by atoms with Crippen molar-refractivity contribution in [3.63, 3.8) is 0 Å². The summed E-state index contributed by atoms with van der Waals surface area (Å²) in [6.45, 7) is 2.52. The Morgan fingerprint density at radius 1 is 0.867 bits per heavy atom. The zero-order chi connectivity index (χ0) is 10.5. The fourth-order valence-electron chi connectivity index (χ4n) is 3.74. The van der Waals surface area contributed by atoms with E-state index in [0.717, 1.165) is 17.8 Å². The van der Waals surface area contributed by atoms with Crippen molar-refractivity contribution in [2.75, 3.05) is 0 Å². The second-order valence-electron chi connectivity index (χ2n) is 6.10. The van der Waals surface area contributed by atoms with Crippen LogP contribution in [-0.4, -0.2) is 0 Å². The molecule has 2 aliphatic carbocycles. The van der Waals surface area contributed by atoms with Crippen molar-refractivity contribution >= 4 is 0 Å². The van der Waals surface area contributed by atoms with Crippen LogP contribution in [0.4, 0.5) is 0 Å². The van der Waals surface area contributed by atoms with E-state index in [4.69, 9.17) is 0 Å². The molecule has 0 aromatic rings. The van der Waals surface area contributed by atoms with Crippen LogP contribution in [0.5, 0.6) is 0 Å². The third-order valence-corrected chi connectivity index (χ3v) is 4.96. The molecule has 0 nitrogen and oxygen atoms in total. The summed E-state index contributed by atoms with van der Waals surface area (Å²) in [5.41, 5.74) is 0. The molecule has 1 atom stereocenters. The van der Waals surface area contributed by atoms with Crippen LogP contribution < -0.4 is 0 Å². The first-order valence-corrected chi connectivity index (χ1v) is 7.36. The van der Waals surface area contributed by atoms with Crippen LogP contribution in [0.3, 0.4) is 0 Å². The number of hydrogen-bond acceptors (Lipinski definition) is 0. The molecule has 2 aliphatic rings. The van der Waals surface area contributed by atoms with Crippen molar-refractivity contribution in [3.05, 3.63) is 0 Å². The monoisotopic (exact) mass is 208 g/mol. The molecule has 0 heteroatoms. The van der Waals surface area contributed by atoms with Gasteiger partial charge in [-0.3, -0.25) is 0 Å². The highest BCUT2D eigenvalue weighted by Gasteiger charge is 2.22. The van der Waals surface area contributed by atoms with E-state index < -0.39 is 0 Å². The van der Waals surface area contributed by atoms with Crippen LogP contribution in [0.25, 0.3) is 0 Å². The zero-order valence-electron chi connectivity index (χ0n) is 10.5. The van der Waals surface area contributed by atoms with Gasteiger partial charge in [0.25, 0.3) is 0 Å². The van der Waals surface area contributed by atoms with Crippen molar-refractivity contribution in [1.82, 2.24) is 0 Å². The molecular formula is C15H28. The summed E-state index contributed by atoms with van der Waals surface area (Å²) in [6.07, 6.45) is 16.8. The predicted octanol–water partition coefficient (Wildman–Crippen LogP) is 5.17. The summed E-state index contributed by atoms with van der Waals surface area (Å²) in [6, 6.07) is 0. The Balaban J connectivity index is 1.64. The molecule has 0 saturated heterocycles. The van der Waals surface area contributed by atoms with Crippen LogP contribution in [-0.2, 0) is 0 Å². The van der Waals surface area contributed by atoms with E-state index >= 15 is 0 Å². The minimum absolute atomic E-state index is 1.02. The van der Waals surface area contributed by atoms with E-state index in [0.29, 0.717) is 0 Å². The van der Waals surface area contributed by atoms with Crippen LogP contribution in [0, 0.1) is 17.8 Å². The zero-order valence-corrected chi connectivity index (χ0v) is 10.5. The lowest BCUT2D eigenvalue weighted by Crippen LogP contribution is -2.16. The highest BCUT2D eigenvalue weighted by atomic mass is 14.3. The minimum atomic E-state index is 1.02. The first kappa shape index (κ1) is 11.5. The van der Waals surface area contributed by atoms with E-state index in [1.54, 1.807) is 0 Å². The fraction of sp³-hybridized carbons (Fsp3) is 1.00. The third kappa shape index (κ3) is 3.50. The van der Waals surface area contributed by atoms with Gasteiger partial charge in [-0.1, -0.05) is 77.6 Å². The molecule has 0 aliphatic heterocycles. The topological polar surface area (TPSA) is 0 Å². The Hall–Kier alpha value is 0. The van der Waals surface area contributed by atoms with Gasteiger partial charge in [-0.15, -0.1) is 0 Å². The van der Waals surface area contributed by atoms with E-state index in [2.05, 4.69) is 6.92 Å². The molecule has 0 amide bonds. The van der Waals surface area contributed by atoms with Crippen molar-refractivity contribution in [1.29, 1.82) is 0 Å². The molecule has 0 heterocycles. The first-order chi connectivity index (χ1) is 7.36. The van der Waals surface area contributed by atoms with Crippen molar-refractivity contribution in [3.8, 4) is 0 Å². The minimum Gasteiger partial charge on any atom is -0.0622 e. The lowest BCUT2D eigenvalue weighted by Gasteiger charge is -2.28. The van der Waals surface area contributed by atoms with Crippen LogP contribution >= 0.6 is 0 Å². The van der Waals surface area contributed by atoms with E-state index in [9.17, 15) is 0 Å². The van der Waals surface area contributed by atoms with E-state index in [1.807, 2.05) is 0 Å². The maximum absolute atomic E-state index is 2.52. The summed E-state index contributed by atoms with van der Waals surface area (Å²) < 4.78 is 0. The smallest absolute Gasteiger partial charge is 0.0388 e. The van der Waals surface area contributed by atoms with E-state index in [1.165, 1.54) is 70.6 Å². The molecule has 0 radical (unpaired) electrons. The molecule has 0 N–H and O–H groups in total. The Bertz CT molecular complexity index is 161. The molecule has 88 valence electrons. The second kappa shape index (κ2) is 5.92. The summed E-state index contributed by atoms with van der Waals surface area (Å²) in [7, 11) is 0. The Morgan fingerprint density at radius 2 is 1.47 bits per heavy atom. The molecule has 0 aromatic carbocycles. The van der Waals surface area contributed by atoms with Crippen molar-refractivity contribution in [2.24, 2.45) is 17.8 Å². The van der Waals surface area contributed by atoms with Gasteiger partial charge in [-0.25, -0.2) is 0 Å². The maximum Gasteiger partial charge on any atom is -0.0388 e. The quantitative estimate of drug-likeness (QED) is 0.597.